The molecule has 0 saturated carbocycles. The number of carbonyl (C=O) groups is 4. The van der Waals surface area contributed by atoms with E-state index in [2.05, 4.69) is 10.4 Å². The van der Waals surface area contributed by atoms with Gasteiger partial charge in [0.2, 0.25) is 5.91 Å². The lowest BCUT2D eigenvalue weighted by molar-refractivity contribution is -0.145. The van der Waals surface area contributed by atoms with Crippen LogP contribution in [0.25, 0.3) is 0 Å². The largest absolute Gasteiger partial charge is 0.491 e. The number of primary amides is 1. The summed E-state index contributed by atoms with van der Waals surface area (Å²) in [6.07, 6.45) is -0.420. The number of amides is 4. The average Bonchev–Trinajstić information content (AvgIpc) is 3.14. The molecule has 2 atom stereocenters. The number of nitrogens with two attached hydrogens (primary N) is 1. The highest BCUT2D eigenvalue weighted by Crippen LogP contribution is 2.38. The molecule has 4 amide bonds. The highest BCUT2D eigenvalue weighted by Gasteiger charge is 2.54. The predicted octanol–water partition coefficient (Wildman–Crippen LogP) is 3.02. The number of carbonyl (C=O) groups excluding carboxylic acids is 4. The van der Waals surface area contributed by atoms with Gasteiger partial charge in [-0.15, -0.1) is 0 Å². The van der Waals surface area contributed by atoms with E-state index in [9.17, 15) is 19.2 Å². The lowest BCUT2D eigenvalue weighted by Crippen LogP contribution is -2.61. The molecule has 2 aliphatic rings. The molecular weight excluding hydrogens is 573 g/mol. The summed E-state index contributed by atoms with van der Waals surface area (Å²) in [5.41, 5.74) is 4.03. The molecule has 2 aromatic rings. The summed E-state index contributed by atoms with van der Waals surface area (Å²) in [5, 5.41) is 9.07. The Labute approximate surface area is 247 Å². The number of piperidine rings is 1. The lowest BCUT2D eigenvalue weighted by atomic mass is 9.73. The summed E-state index contributed by atoms with van der Waals surface area (Å²) in [6.45, 7) is 2.71. The molecule has 1 unspecified atom stereocenters. The summed E-state index contributed by atoms with van der Waals surface area (Å²) in [7, 11) is 1.60. The van der Waals surface area contributed by atoms with E-state index in [1.165, 1.54) is 42.0 Å². The molecule has 2 heterocycles. The molecule has 2 aromatic carbocycles. The number of hydrazone groups is 1. The van der Waals surface area contributed by atoms with Gasteiger partial charge in [0.1, 0.15) is 23.8 Å². The van der Waals surface area contributed by atoms with Crippen molar-refractivity contribution in [2.75, 3.05) is 26.7 Å². The van der Waals surface area contributed by atoms with E-state index in [0.29, 0.717) is 28.6 Å². The fourth-order valence-corrected chi connectivity index (χ4v) is 5.54. The quantitative estimate of drug-likeness (QED) is 0.451. The zero-order valence-electron chi connectivity index (χ0n) is 22.9. The van der Waals surface area contributed by atoms with E-state index >= 15 is 0 Å². The van der Waals surface area contributed by atoms with Crippen molar-refractivity contribution in [2.24, 2.45) is 16.3 Å². The second kappa shape index (κ2) is 12.0. The molecular formula is C28H31Cl2N5O6. The molecule has 218 valence electrons. The normalized spacial score (nSPS) is 19.2. The van der Waals surface area contributed by atoms with Gasteiger partial charge in [-0.2, -0.15) is 5.10 Å². The van der Waals surface area contributed by atoms with E-state index in [0.717, 1.165) is 5.56 Å². The number of rotatable bonds is 9. The molecule has 11 nitrogen and oxygen atoms in total. The van der Waals surface area contributed by atoms with Gasteiger partial charge in [-0.1, -0.05) is 53.5 Å². The third-order valence-corrected chi connectivity index (χ3v) is 7.46. The van der Waals surface area contributed by atoms with Crippen molar-refractivity contribution in [2.45, 2.75) is 38.3 Å². The fourth-order valence-electron chi connectivity index (χ4n) is 5.03. The van der Waals surface area contributed by atoms with Gasteiger partial charge in [0.25, 0.3) is 11.8 Å². The highest BCUT2D eigenvalue weighted by atomic mass is 35.5. The molecule has 4 rings (SSSR count). The smallest absolute Gasteiger partial charge is 0.405 e. The number of nitrogens with one attached hydrogen (secondary N) is 1. The topological polar surface area (TPSA) is 144 Å². The van der Waals surface area contributed by atoms with Gasteiger partial charge in [0, 0.05) is 36.6 Å². The first-order chi connectivity index (χ1) is 19.3. The van der Waals surface area contributed by atoms with Gasteiger partial charge in [0.05, 0.1) is 5.71 Å². The first-order valence-electron chi connectivity index (χ1n) is 12.9. The van der Waals surface area contributed by atoms with Gasteiger partial charge in [-0.05, 0) is 44.0 Å². The van der Waals surface area contributed by atoms with E-state index in [4.69, 9.17) is 38.4 Å². The van der Waals surface area contributed by atoms with Gasteiger partial charge in [-0.3, -0.25) is 14.4 Å². The van der Waals surface area contributed by atoms with Crippen LogP contribution in [-0.2, 0) is 25.5 Å². The number of ether oxygens (including phenoxy) is 2. The van der Waals surface area contributed by atoms with E-state index in [1.54, 1.807) is 7.05 Å². The summed E-state index contributed by atoms with van der Waals surface area (Å²) in [6, 6.07) is 12.8. The zero-order valence-corrected chi connectivity index (χ0v) is 24.4. The number of hydrogen-bond donors (Lipinski definition) is 2. The number of benzene rings is 2. The fraction of sp³-hybridized carbons (Fsp3) is 0.393. The lowest BCUT2D eigenvalue weighted by Gasteiger charge is -2.40. The molecule has 3 N–H and O–H groups in total. The van der Waals surface area contributed by atoms with Crippen molar-refractivity contribution in [3.05, 3.63) is 64.1 Å². The van der Waals surface area contributed by atoms with Crippen LogP contribution in [-0.4, -0.2) is 77.8 Å². The van der Waals surface area contributed by atoms with E-state index in [1.807, 2.05) is 30.3 Å². The molecule has 13 heteroatoms. The first-order valence-corrected chi connectivity index (χ1v) is 13.6. The minimum absolute atomic E-state index is 0.0548. The Morgan fingerprint density at radius 2 is 1.80 bits per heavy atom. The van der Waals surface area contributed by atoms with Crippen molar-refractivity contribution < 1.29 is 28.7 Å². The minimum atomic E-state index is -1.68. The summed E-state index contributed by atoms with van der Waals surface area (Å²) in [5.74, 6) is -1.19. The molecule has 0 aromatic heterocycles. The van der Waals surface area contributed by atoms with Crippen LogP contribution in [0.15, 0.2) is 53.6 Å². The number of fused-ring (bicyclic) bond motifs is 1. The van der Waals surface area contributed by atoms with Crippen molar-refractivity contribution in [1.82, 2.24) is 15.2 Å². The monoisotopic (exact) mass is 603 g/mol. The number of halogens is 2. The van der Waals surface area contributed by atoms with Crippen LogP contribution in [0, 0.1) is 5.41 Å². The SMILES string of the molecule is CN1N=C2CCN(C(=O)C(COc3cc(Cl)cc(Cl)c3)NC(=O)C(C)(C)OC(N)=O)C[C@@]2(Cc2ccccc2)C1=O. The van der Waals surface area contributed by atoms with E-state index < -0.39 is 35.0 Å². The third-order valence-electron chi connectivity index (χ3n) is 7.02. The number of nitrogens with zero attached hydrogens (tertiary/aromatic N) is 3. The second-order valence-electron chi connectivity index (χ2n) is 10.5. The Hall–Kier alpha value is -3.83. The van der Waals surface area contributed by atoms with Crippen LogP contribution in [0.3, 0.4) is 0 Å². The van der Waals surface area contributed by atoms with Crippen molar-refractivity contribution >= 4 is 52.7 Å². The maximum absolute atomic E-state index is 14.0. The van der Waals surface area contributed by atoms with Gasteiger partial charge >= 0.3 is 6.09 Å². The minimum Gasteiger partial charge on any atom is -0.491 e. The molecule has 0 radical (unpaired) electrons. The second-order valence-corrected chi connectivity index (χ2v) is 11.4. The molecule has 0 spiro atoms. The predicted molar refractivity (Wildman–Crippen MR) is 153 cm³/mol. The Bertz CT molecular complexity index is 1370. The van der Waals surface area contributed by atoms with Crippen molar-refractivity contribution in [3.63, 3.8) is 0 Å². The summed E-state index contributed by atoms with van der Waals surface area (Å²) in [4.78, 5) is 53.5. The number of likely N-dealkylation sites (tertiary alicyclic amines) is 1. The molecule has 2 aliphatic heterocycles. The standard InChI is InChI=1S/C28H31Cl2N5O6/c1-27(2,41-26(31)39)24(37)32-21(15-40-20-12-18(29)11-19(30)13-20)23(36)35-10-9-22-28(16-35,25(38)34(3)33-22)14-17-7-5-4-6-8-17/h4-8,11-13,21H,9-10,14-16H2,1-3H3,(H2,31,39)(H,32,37)/t21?,28-/m1/s1. The van der Waals surface area contributed by atoms with Crippen LogP contribution in [0.5, 0.6) is 5.75 Å². The maximum Gasteiger partial charge on any atom is 0.405 e. The van der Waals surface area contributed by atoms with Crippen LogP contribution in [0.2, 0.25) is 10.0 Å². The zero-order chi connectivity index (χ0) is 29.9. The van der Waals surface area contributed by atoms with Crippen LogP contribution in [0.1, 0.15) is 25.8 Å². The van der Waals surface area contributed by atoms with Gasteiger partial charge < -0.3 is 25.4 Å². The Morgan fingerprint density at radius 3 is 2.44 bits per heavy atom. The average molecular weight is 604 g/mol. The molecule has 1 fully saturated rings. The Balaban J connectivity index is 1.61. The molecule has 0 aliphatic carbocycles. The van der Waals surface area contributed by atoms with Gasteiger partial charge in [-0.25, -0.2) is 9.80 Å². The highest BCUT2D eigenvalue weighted by molar-refractivity contribution is 6.34. The maximum atomic E-state index is 14.0. The molecule has 1 saturated heterocycles. The van der Waals surface area contributed by atoms with Crippen LogP contribution in [0.4, 0.5) is 4.79 Å². The van der Waals surface area contributed by atoms with Crippen LogP contribution < -0.4 is 15.8 Å². The summed E-state index contributed by atoms with van der Waals surface area (Å²) >= 11 is 12.2. The Morgan fingerprint density at radius 1 is 1.15 bits per heavy atom. The van der Waals surface area contributed by atoms with E-state index in [-0.39, 0.29) is 31.4 Å². The number of hydrogen-bond acceptors (Lipinski definition) is 7. The first kappa shape index (κ1) is 30.1. The molecule has 0 bridgehead atoms. The summed E-state index contributed by atoms with van der Waals surface area (Å²) < 4.78 is 10.8. The van der Waals surface area contributed by atoms with Crippen molar-refractivity contribution in [3.8, 4) is 5.75 Å². The van der Waals surface area contributed by atoms with Crippen LogP contribution >= 0.6 is 23.2 Å². The molecule has 41 heavy (non-hydrogen) atoms. The van der Waals surface area contributed by atoms with Crippen molar-refractivity contribution in [1.29, 1.82) is 0 Å². The third kappa shape index (κ3) is 6.74. The Kier molecular flexibility index (Phi) is 8.79. The van der Waals surface area contributed by atoms with Gasteiger partial charge in [0.15, 0.2) is 5.60 Å².